The molecule has 0 radical (unpaired) electrons. The number of pyridine rings is 1. The second-order valence-corrected chi connectivity index (χ2v) is 5.42. The van der Waals surface area contributed by atoms with Crippen molar-refractivity contribution in [1.29, 1.82) is 0 Å². The van der Waals surface area contributed by atoms with Crippen LogP contribution in [0.15, 0.2) is 46.0 Å². The summed E-state index contributed by atoms with van der Waals surface area (Å²) < 4.78 is 14.4. The third kappa shape index (κ3) is 3.44. The molecule has 0 atom stereocenters. The lowest BCUT2D eigenvalue weighted by molar-refractivity contribution is 0.603. The predicted molar refractivity (Wildman–Crippen MR) is 72.3 cm³/mol. The van der Waals surface area contributed by atoms with E-state index in [4.69, 9.17) is 5.73 Å². The second kappa shape index (κ2) is 5.51. The van der Waals surface area contributed by atoms with E-state index in [1.54, 1.807) is 24.5 Å². The molecule has 0 aliphatic rings. The normalized spacial score (nSPS) is 10.5. The van der Waals surface area contributed by atoms with Crippen LogP contribution >= 0.6 is 27.7 Å². The number of hydrogen-bond acceptors (Lipinski definition) is 3. The van der Waals surface area contributed by atoms with Crippen molar-refractivity contribution in [3.8, 4) is 0 Å². The fourth-order valence-corrected chi connectivity index (χ4v) is 2.58. The molecule has 88 valence electrons. The first-order valence-corrected chi connectivity index (χ1v) is 6.70. The number of nitrogen functional groups attached to an aromatic ring is 1. The van der Waals surface area contributed by atoms with Gasteiger partial charge in [0.1, 0.15) is 5.82 Å². The Morgan fingerprint density at radius 2 is 2.12 bits per heavy atom. The average molecular weight is 313 g/mol. The summed E-state index contributed by atoms with van der Waals surface area (Å²) in [5.74, 6) is 0.394. The van der Waals surface area contributed by atoms with E-state index in [0.717, 1.165) is 10.0 Å². The number of hydrogen-bond donors (Lipinski definition) is 1. The van der Waals surface area contributed by atoms with E-state index in [1.165, 1.54) is 17.8 Å². The van der Waals surface area contributed by atoms with E-state index < -0.39 is 0 Å². The second-order valence-electron chi connectivity index (χ2n) is 3.49. The Hall–Kier alpha value is -1.07. The Morgan fingerprint density at radius 1 is 1.29 bits per heavy atom. The molecular formula is C12H10BrFN2S. The van der Waals surface area contributed by atoms with Gasteiger partial charge in [0.2, 0.25) is 0 Å². The zero-order valence-electron chi connectivity index (χ0n) is 8.86. The molecule has 0 unspecified atom stereocenters. The minimum Gasteiger partial charge on any atom is -0.399 e. The van der Waals surface area contributed by atoms with Crippen LogP contribution in [0.25, 0.3) is 0 Å². The third-order valence-electron chi connectivity index (χ3n) is 2.11. The summed E-state index contributed by atoms with van der Waals surface area (Å²) in [6.45, 7) is 0. The van der Waals surface area contributed by atoms with Crippen LogP contribution in [0, 0.1) is 5.82 Å². The molecule has 0 bridgehead atoms. The van der Waals surface area contributed by atoms with Gasteiger partial charge in [-0.25, -0.2) is 4.39 Å². The highest BCUT2D eigenvalue weighted by atomic mass is 79.9. The smallest absolute Gasteiger partial charge is 0.138 e. The average Bonchev–Trinajstić information content (AvgIpc) is 2.28. The molecule has 0 amide bonds. The first-order valence-electron chi connectivity index (χ1n) is 4.92. The highest BCUT2D eigenvalue weighted by molar-refractivity contribution is 9.10. The Labute approximate surface area is 112 Å². The molecule has 0 fully saturated rings. The van der Waals surface area contributed by atoms with Crippen molar-refractivity contribution < 1.29 is 4.39 Å². The molecule has 1 aromatic heterocycles. The van der Waals surface area contributed by atoms with Crippen LogP contribution in [0.2, 0.25) is 0 Å². The number of aromatic nitrogens is 1. The van der Waals surface area contributed by atoms with Crippen LogP contribution in [-0.2, 0) is 5.75 Å². The van der Waals surface area contributed by atoms with E-state index in [1.807, 2.05) is 6.07 Å². The molecule has 0 aliphatic carbocycles. The number of thioether (sulfide) groups is 1. The molecule has 0 saturated heterocycles. The zero-order chi connectivity index (χ0) is 12.3. The van der Waals surface area contributed by atoms with Gasteiger partial charge in [-0.3, -0.25) is 4.98 Å². The van der Waals surface area contributed by atoms with Crippen LogP contribution < -0.4 is 5.73 Å². The fourth-order valence-electron chi connectivity index (χ4n) is 1.33. The van der Waals surface area contributed by atoms with Gasteiger partial charge in [0.15, 0.2) is 0 Å². The van der Waals surface area contributed by atoms with Gasteiger partial charge in [-0.05, 0) is 45.8 Å². The fraction of sp³-hybridized carbons (Fsp3) is 0.0833. The minimum atomic E-state index is -0.280. The van der Waals surface area contributed by atoms with Crippen molar-refractivity contribution in [1.82, 2.24) is 4.98 Å². The molecule has 2 aromatic rings. The number of nitrogens with two attached hydrogens (primary N) is 1. The first kappa shape index (κ1) is 12.4. The monoisotopic (exact) mass is 312 g/mol. The first-order chi connectivity index (χ1) is 8.15. The Balaban J connectivity index is 2.07. The molecule has 2 rings (SSSR count). The van der Waals surface area contributed by atoms with Gasteiger partial charge in [0.05, 0.1) is 0 Å². The maximum Gasteiger partial charge on any atom is 0.138 e. The molecule has 2 N–H and O–H groups in total. The summed E-state index contributed by atoms with van der Waals surface area (Å²) in [4.78, 5) is 4.66. The van der Waals surface area contributed by atoms with E-state index in [0.29, 0.717) is 16.3 Å². The molecule has 0 saturated carbocycles. The van der Waals surface area contributed by atoms with Crippen molar-refractivity contribution in [2.24, 2.45) is 0 Å². The Kier molecular flexibility index (Phi) is 4.02. The lowest BCUT2D eigenvalue weighted by Gasteiger charge is -2.04. The molecule has 17 heavy (non-hydrogen) atoms. The van der Waals surface area contributed by atoms with E-state index in [-0.39, 0.29) is 5.82 Å². The number of nitrogens with zero attached hydrogens (tertiary/aromatic N) is 1. The van der Waals surface area contributed by atoms with Crippen LogP contribution in [0.5, 0.6) is 0 Å². The molecule has 0 spiro atoms. The Morgan fingerprint density at radius 3 is 2.82 bits per heavy atom. The maximum absolute atomic E-state index is 13.5. The number of anilines is 1. The SMILES string of the molecule is Nc1ccc(SCc2cncc(Br)c2)c(F)c1. The molecule has 1 aromatic carbocycles. The Bertz CT molecular complexity index is 534. The predicted octanol–water partition coefficient (Wildman–Crippen LogP) is 3.86. The van der Waals surface area contributed by atoms with Crippen molar-refractivity contribution in [2.45, 2.75) is 10.6 Å². The van der Waals surface area contributed by atoms with Crippen molar-refractivity contribution in [3.05, 3.63) is 52.5 Å². The van der Waals surface area contributed by atoms with Gasteiger partial charge in [0, 0.05) is 33.2 Å². The summed E-state index contributed by atoms with van der Waals surface area (Å²) >= 11 is 4.78. The summed E-state index contributed by atoms with van der Waals surface area (Å²) in [6, 6.07) is 6.70. The summed E-state index contributed by atoms with van der Waals surface area (Å²) in [5, 5.41) is 0. The summed E-state index contributed by atoms with van der Waals surface area (Å²) in [6.07, 6.45) is 3.49. The standard InChI is InChI=1S/C12H10BrFN2S/c13-9-3-8(5-16-6-9)7-17-12-2-1-10(15)4-11(12)14/h1-6H,7,15H2. The summed E-state index contributed by atoms with van der Waals surface area (Å²) in [5.41, 5.74) is 6.97. The van der Waals surface area contributed by atoms with Crippen molar-refractivity contribution >= 4 is 33.4 Å². The molecule has 5 heteroatoms. The number of rotatable bonds is 3. The van der Waals surface area contributed by atoms with E-state index >= 15 is 0 Å². The minimum absolute atomic E-state index is 0.280. The van der Waals surface area contributed by atoms with Crippen molar-refractivity contribution in [3.63, 3.8) is 0 Å². The lowest BCUT2D eigenvalue weighted by atomic mass is 10.3. The maximum atomic E-state index is 13.5. The van der Waals surface area contributed by atoms with Crippen LogP contribution in [0.1, 0.15) is 5.56 Å². The highest BCUT2D eigenvalue weighted by Gasteiger charge is 2.04. The van der Waals surface area contributed by atoms with E-state index in [2.05, 4.69) is 20.9 Å². The van der Waals surface area contributed by atoms with E-state index in [9.17, 15) is 4.39 Å². The lowest BCUT2D eigenvalue weighted by Crippen LogP contribution is -1.89. The van der Waals surface area contributed by atoms with Gasteiger partial charge in [-0.1, -0.05) is 0 Å². The van der Waals surface area contributed by atoms with Gasteiger partial charge in [-0.2, -0.15) is 0 Å². The van der Waals surface area contributed by atoms with Gasteiger partial charge >= 0.3 is 0 Å². The third-order valence-corrected chi connectivity index (χ3v) is 3.67. The van der Waals surface area contributed by atoms with Crippen LogP contribution in [0.4, 0.5) is 10.1 Å². The van der Waals surface area contributed by atoms with Crippen molar-refractivity contribution in [2.75, 3.05) is 5.73 Å². The van der Waals surface area contributed by atoms with Crippen LogP contribution in [-0.4, -0.2) is 4.98 Å². The topological polar surface area (TPSA) is 38.9 Å². The van der Waals surface area contributed by atoms with Crippen LogP contribution in [0.3, 0.4) is 0 Å². The molecule has 0 aliphatic heterocycles. The highest BCUT2D eigenvalue weighted by Crippen LogP contribution is 2.27. The number of halogens is 2. The zero-order valence-corrected chi connectivity index (χ0v) is 11.3. The quantitative estimate of drug-likeness (QED) is 0.691. The van der Waals surface area contributed by atoms with Gasteiger partial charge in [-0.15, -0.1) is 11.8 Å². The number of benzene rings is 1. The van der Waals surface area contributed by atoms with Gasteiger partial charge in [0.25, 0.3) is 0 Å². The van der Waals surface area contributed by atoms with Gasteiger partial charge < -0.3 is 5.73 Å². The largest absolute Gasteiger partial charge is 0.399 e. The molecule has 2 nitrogen and oxygen atoms in total. The molecular weight excluding hydrogens is 303 g/mol. The molecule has 1 heterocycles. The summed E-state index contributed by atoms with van der Waals surface area (Å²) in [7, 11) is 0.